The first kappa shape index (κ1) is 38.0. The normalized spacial score (nSPS) is 26.0. The lowest BCUT2D eigenvalue weighted by atomic mass is 9.89. The van der Waals surface area contributed by atoms with E-state index in [9.17, 15) is 69.5 Å². The quantitative estimate of drug-likeness (QED) is 0.246. The number of alkyl halides is 9. The number of benzene rings is 2. The van der Waals surface area contributed by atoms with E-state index < -0.39 is 109 Å². The smallest absolute Gasteiger partial charge is 0.416 e. The van der Waals surface area contributed by atoms with Gasteiger partial charge in [0, 0.05) is 18.3 Å². The first-order chi connectivity index (χ1) is 22.6. The Hall–Kier alpha value is -3.85. The Morgan fingerprint density at radius 1 is 0.878 bits per heavy atom. The average Bonchev–Trinajstić information content (AvgIpc) is 3.01. The summed E-state index contributed by atoms with van der Waals surface area (Å²) in [6.07, 6.45) is -26.6. The molecule has 7 atom stereocenters. The van der Waals surface area contributed by atoms with Crippen molar-refractivity contribution in [1.82, 2.24) is 4.90 Å². The van der Waals surface area contributed by atoms with Gasteiger partial charge in [-0.15, -0.1) is 0 Å². The van der Waals surface area contributed by atoms with E-state index >= 15 is 0 Å². The monoisotopic (exact) mass is 720 g/mol. The van der Waals surface area contributed by atoms with Gasteiger partial charge in [0.2, 0.25) is 0 Å². The number of carboxylic acid groups (broad SMARTS) is 1. The lowest BCUT2D eigenvalue weighted by Gasteiger charge is -2.40. The molecular weight excluding hydrogens is 691 g/mol. The van der Waals surface area contributed by atoms with Gasteiger partial charge in [0.15, 0.2) is 12.4 Å². The minimum atomic E-state index is -5.23. The number of carbonyl (C=O) groups is 2. The van der Waals surface area contributed by atoms with Gasteiger partial charge in [-0.2, -0.15) is 39.5 Å². The van der Waals surface area contributed by atoms with Gasteiger partial charge in [-0.05, 0) is 60.4 Å². The lowest BCUT2D eigenvalue weighted by Crippen LogP contribution is -2.60. The molecule has 4 rings (SSSR count). The summed E-state index contributed by atoms with van der Waals surface area (Å²) in [5, 5.41) is 42.2. The van der Waals surface area contributed by atoms with Crippen molar-refractivity contribution in [2.45, 2.75) is 80.7 Å². The maximum Gasteiger partial charge on any atom is 0.416 e. The Morgan fingerprint density at radius 2 is 1.47 bits per heavy atom. The Balaban J connectivity index is 1.67. The zero-order chi connectivity index (χ0) is 36.6. The summed E-state index contributed by atoms with van der Waals surface area (Å²) < 4.78 is 138. The lowest BCUT2D eigenvalue weighted by molar-refractivity contribution is -0.294. The summed E-state index contributed by atoms with van der Waals surface area (Å²) in [5.74, 6) is -1.68. The molecule has 0 aliphatic carbocycles. The summed E-state index contributed by atoms with van der Waals surface area (Å²) in [7, 11) is 0.854. The summed E-state index contributed by atoms with van der Waals surface area (Å²) in [6.45, 7) is -1.35. The fourth-order valence-corrected chi connectivity index (χ4v) is 5.55. The molecule has 0 radical (unpaired) electrons. The maximum absolute atomic E-state index is 13.7. The van der Waals surface area contributed by atoms with E-state index in [4.69, 9.17) is 14.2 Å². The summed E-state index contributed by atoms with van der Waals surface area (Å²) >= 11 is 0. The van der Waals surface area contributed by atoms with Crippen LogP contribution in [-0.4, -0.2) is 87.9 Å². The highest BCUT2D eigenvalue weighted by Gasteiger charge is 2.48. The Bertz CT molecular complexity index is 1490. The van der Waals surface area contributed by atoms with Crippen molar-refractivity contribution in [3.8, 4) is 0 Å². The fraction of sp³-hybridized carbons (Fsp3) is 0.517. The number of nitrogens with one attached hydrogen (secondary N) is 1. The van der Waals surface area contributed by atoms with Crippen molar-refractivity contribution in [1.29, 1.82) is 0 Å². The van der Waals surface area contributed by atoms with Gasteiger partial charge in [0.1, 0.15) is 18.3 Å². The van der Waals surface area contributed by atoms with Crippen molar-refractivity contribution in [3.05, 3.63) is 64.2 Å². The van der Waals surface area contributed by atoms with Crippen LogP contribution in [0.1, 0.15) is 46.7 Å². The van der Waals surface area contributed by atoms with Crippen LogP contribution in [0.2, 0.25) is 0 Å². The number of aliphatic hydroxyl groups is 3. The van der Waals surface area contributed by atoms with Crippen molar-refractivity contribution >= 4 is 17.7 Å². The molecule has 0 saturated carbocycles. The number of hydrogen-bond acceptors (Lipinski definition) is 9. The Labute approximate surface area is 270 Å². The third-order valence-electron chi connectivity index (χ3n) is 7.95. The second-order valence-corrected chi connectivity index (χ2v) is 11.3. The van der Waals surface area contributed by atoms with Crippen LogP contribution in [0.4, 0.5) is 50.0 Å². The molecule has 272 valence electrons. The van der Waals surface area contributed by atoms with Crippen LogP contribution in [0.5, 0.6) is 0 Å². The van der Waals surface area contributed by atoms with E-state index in [1.54, 1.807) is 0 Å². The molecule has 2 aliphatic rings. The number of fused-ring (bicyclic) bond motifs is 1. The van der Waals surface area contributed by atoms with Crippen molar-refractivity contribution < 1.29 is 83.7 Å². The predicted molar refractivity (Wildman–Crippen MR) is 145 cm³/mol. The summed E-state index contributed by atoms with van der Waals surface area (Å²) in [5.41, 5.74) is -5.36. The molecule has 1 amide bonds. The number of aliphatic hydroxyl groups excluding tert-OH is 3. The van der Waals surface area contributed by atoms with Crippen LogP contribution in [0, 0.1) is 0 Å². The number of amides is 1. The molecule has 0 bridgehead atoms. The number of methoxy groups -OCH3 is 1. The number of rotatable bonds is 8. The van der Waals surface area contributed by atoms with Crippen LogP contribution < -0.4 is 5.32 Å². The minimum absolute atomic E-state index is 0.0154. The number of carbonyl (C=O) groups excluding carboxylic acids is 1. The zero-order valence-electron chi connectivity index (χ0n) is 25.0. The van der Waals surface area contributed by atoms with Gasteiger partial charge in [-0.1, -0.05) is 0 Å². The highest BCUT2D eigenvalue weighted by molar-refractivity contribution is 5.73. The first-order valence-corrected chi connectivity index (χ1v) is 14.3. The number of carboxylic acids is 1. The molecule has 2 heterocycles. The van der Waals surface area contributed by atoms with E-state index in [2.05, 4.69) is 5.32 Å². The second-order valence-electron chi connectivity index (χ2n) is 11.3. The van der Waals surface area contributed by atoms with Crippen molar-refractivity contribution in [3.63, 3.8) is 0 Å². The molecule has 0 spiro atoms. The van der Waals surface area contributed by atoms with Gasteiger partial charge in [0.05, 0.1) is 36.4 Å². The molecule has 1 saturated heterocycles. The van der Waals surface area contributed by atoms with Crippen LogP contribution in [-0.2, 0) is 44.1 Å². The topological polar surface area (TPSA) is 158 Å². The third kappa shape index (κ3) is 8.66. The number of halogens is 9. The van der Waals surface area contributed by atoms with Gasteiger partial charge in [0.25, 0.3) is 0 Å². The molecule has 5 unspecified atom stereocenters. The standard InChI is InChI=1S/C29H29F9N2O9/c1-47-26(46)40(11-12-6-14(28(33,34)35)8-15(7-12)29(36,37)38)19-10-16(39-18-3-2-13(9-17(18)19)27(30,31)32)4-5-48-25-22(43)20(41)21(42)23(49-25)24(44)45/h2-3,6-9,16,19-23,25,39,41-43H,4-5,10-11H2,1H3,(H,44,45)/t16-,19+,20?,21?,22?,23?,25?/m1/s1. The van der Waals surface area contributed by atoms with Crippen LogP contribution in [0.3, 0.4) is 0 Å². The number of aliphatic carboxylic acids is 1. The molecule has 20 heteroatoms. The molecule has 2 aromatic carbocycles. The molecule has 49 heavy (non-hydrogen) atoms. The number of anilines is 1. The number of nitrogens with zero attached hydrogens (tertiary/aromatic N) is 1. The van der Waals surface area contributed by atoms with Gasteiger partial charge in [-0.25, -0.2) is 9.59 Å². The van der Waals surface area contributed by atoms with Crippen LogP contribution >= 0.6 is 0 Å². The molecule has 11 nitrogen and oxygen atoms in total. The summed E-state index contributed by atoms with van der Waals surface area (Å²) in [4.78, 5) is 25.1. The Kier molecular flexibility index (Phi) is 11.0. The fourth-order valence-electron chi connectivity index (χ4n) is 5.55. The second kappa shape index (κ2) is 14.2. The van der Waals surface area contributed by atoms with E-state index in [0.717, 1.165) is 13.2 Å². The van der Waals surface area contributed by atoms with E-state index in [-0.39, 0.29) is 30.2 Å². The van der Waals surface area contributed by atoms with Gasteiger partial charge < -0.3 is 40.0 Å². The van der Waals surface area contributed by atoms with E-state index in [0.29, 0.717) is 29.2 Å². The van der Waals surface area contributed by atoms with Crippen LogP contribution in [0.25, 0.3) is 0 Å². The van der Waals surface area contributed by atoms with E-state index in [1.165, 1.54) is 0 Å². The highest BCUT2D eigenvalue weighted by atomic mass is 19.4. The van der Waals surface area contributed by atoms with Gasteiger partial charge >= 0.3 is 30.6 Å². The zero-order valence-corrected chi connectivity index (χ0v) is 25.0. The minimum Gasteiger partial charge on any atom is -0.479 e. The van der Waals surface area contributed by atoms with Crippen LogP contribution in [0.15, 0.2) is 36.4 Å². The first-order valence-electron chi connectivity index (χ1n) is 14.3. The van der Waals surface area contributed by atoms with Crippen molar-refractivity contribution in [2.75, 3.05) is 19.0 Å². The van der Waals surface area contributed by atoms with E-state index in [1.807, 2.05) is 0 Å². The Morgan fingerprint density at radius 3 is 2.00 bits per heavy atom. The van der Waals surface area contributed by atoms with Crippen molar-refractivity contribution in [2.24, 2.45) is 0 Å². The largest absolute Gasteiger partial charge is 0.479 e. The average molecular weight is 721 g/mol. The molecule has 2 aromatic rings. The van der Waals surface area contributed by atoms with Gasteiger partial charge in [-0.3, -0.25) is 4.90 Å². The predicted octanol–water partition coefficient (Wildman–Crippen LogP) is 4.54. The molecule has 1 fully saturated rings. The molecule has 5 N–H and O–H groups in total. The maximum atomic E-state index is 13.7. The third-order valence-corrected chi connectivity index (χ3v) is 7.95. The molecule has 0 aromatic heterocycles. The molecule has 2 aliphatic heterocycles. The SMILES string of the molecule is COC(=O)N(Cc1cc(C(F)(F)F)cc(C(F)(F)F)c1)[C@H]1C[C@@H](CCOC2OC(C(=O)O)C(O)C(O)C2O)Nc2ccc(C(F)(F)F)cc21. The highest BCUT2D eigenvalue weighted by Crippen LogP contribution is 2.43. The summed E-state index contributed by atoms with van der Waals surface area (Å²) in [6, 6.07) is 0.757. The molecular formula is C29H29F9N2O9. The number of ether oxygens (including phenoxy) is 3. The number of hydrogen-bond donors (Lipinski definition) is 5.